The number of benzene rings is 1. The third-order valence-corrected chi connectivity index (χ3v) is 5.19. The minimum absolute atomic E-state index is 0.354. The van der Waals surface area contributed by atoms with E-state index in [4.69, 9.17) is 9.47 Å². The maximum absolute atomic E-state index is 12.5. The molecular formula is C18H20N4O4S. The molecule has 0 fully saturated rings. The second kappa shape index (κ2) is 8.17. The number of ether oxygens (including phenoxy) is 2. The number of carbonyl (C=O) groups is 2. The summed E-state index contributed by atoms with van der Waals surface area (Å²) in [6.07, 6.45) is 3.52. The number of rotatable bonds is 6. The zero-order chi connectivity index (χ0) is 19.4. The van der Waals surface area contributed by atoms with Crippen molar-refractivity contribution >= 4 is 23.8 Å². The fourth-order valence-electron chi connectivity index (χ4n) is 2.78. The molecular weight excluding hydrogens is 368 g/mol. The maximum atomic E-state index is 12.5. The number of nitrogens with zero attached hydrogens (tertiary/aromatic N) is 2. The molecule has 27 heavy (non-hydrogen) atoms. The second-order valence-electron chi connectivity index (χ2n) is 5.80. The quantitative estimate of drug-likeness (QED) is 0.581. The van der Waals surface area contributed by atoms with Crippen molar-refractivity contribution in [3.8, 4) is 5.75 Å². The lowest BCUT2D eigenvalue weighted by molar-refractivity contribution is -0.136. The number of nitrogens with one attached hydrogen (secondary N) is 2. The Morgan fingerprint density at radius 2 is 2.19 bits per heavy atom. The predicted octanol–water partition coefficient (Wildman–Crippen LogP) is 2.00. The monoisotopic (exact) mass is 388 g/mol. The first-order valence-electron chi connectivity index (χ1n) is 8.16. The summed E-state index contributed by atoms with van der Waals surface area (Å²) in [4.78, 5) is 29.0. The van der Waals surface area contributed by atoms with Crippen LogP contribution < -0.4 is 15.4 Å². The van der Waals surface area contributed by atoms with Gasteiger partial charge in [0, 0.05) is 30.9 Å². The Morgan fingerprint density at radius 1 is 1.37 bits per heavy atom. The first-order valence-corrected chi connectivity index (χ1v) is 9.15. The molecule has 0 spiro atoms. The number of thioether (sulfide) groups is 1. The lowest BCUT2D eigenvalue weighted by atomic mass is 9.95. The van der Waals surface area contributed by atoms with E-state index >= 15 is 0 Å². The van der Waals surface area contributed by atoms with Crippen molar-refractivity contribution in [3.63, 3.8) is 0 Å². The van der Waals surface area contributed by atoms with Crippen LogP contribution in [0.3, 0.4) is 0 Å². The molecule has 0 bridgehead atoms. The topological polar surface area (TPSA) is 94.5 Å². The zero-order valence-corrected chi connectivity index (χ0v) is 16.0. The van der Waals surface area contributed by atoms with E-state index in [1.165, 1.54) is 18.9 Å². The lowest BCUT2D eigenvalue weighted by Gasteiger charge is -2.29. The van der Waals surface area contributed by atoms with Gasteiger partial charge in [0.15, 0.2) is 5.16 Å². The van der Waals surface area contributed by atoms with Gasteiger partial charge in [-0.2, -0.15) is 0 Å². The fraction of sp³-hybridized carbons (Fsp3) is 0.278. The van der Waals surface area contributed by atoms with Gasteiger partial charge in [-0.3, -0.25) is 0 Å². The Kier molecular flexibility index (Phi) is 5.70. The van der Waals surface area contributed by atoms with Crippen molar-refractivity contribution in [2.75, 3.05) is 20.0 Å². The largest absolute Gasteiger partial charge is 0.497 e. The molecule has 2 heterocycles. The predicted molar refractivity (Wildman–Crippen MR) is 100 cm³/mol. The molecule has 2 amide bonds. The molecule has 0 saturated heterocycles. The van der Waals surface area contributed by atoms with Crippen molar-refractivity contribution < 1.29 is 19.1 Å². The number of amides is 2. The van der Waals surface area contributed by atoms with Crippen molar-refractivity contribution in [1.82, 2.24) is 20.2 Å². The van der Waals surface area contributed by atoms with Crippen LogP contribution in [0.1, 0.15) is 11.6 Å². The smallest absolute Gasteiger partial charge is 0.338 e. The van der Waals surface area contributed by atoms with Crippen LogP contribution in [0.5, 0.6) is 5.75 Å². The van der Waals surface area contributed by atoms with E-state index in [1.54, 1.807) is 31.5 Å². The van der Waals surface area contributed by atoms with Crippen molar-refractivity contribution in [2.24, 2.45) is 7.05 Å². The Hall–Kier alpha value is -2.94. The molecule has 1 atom stereocenters. The summed E-state index contributed by atoms with van der Waals surface area (Å²) < 4.78 is 12.1. The van der Waals surface area contributed by atoms with E-state index in [-0.39, 0.29) is 6.03 Å². The van der Waals surface area contributed by atoms with Gasteiger partial charge in [-0.1, -0.05) is 23.9 Å². The Balaban J connectivity index is 1.98. The van der Waals surface area contributed by atoms with Crippen molar-refractivity contribution in [2.45, 2.75) is 11.2 Å². The Morgan fingerprint density at radius 3 is 2.85 bits per heavy atom. The molecule has 0 aliphatic carbocycles. The van der Waals surface area contributed by atoms with Gasteiger partial charge >= 0.3 is 12.0 Å². The summed E-state index contributed by atoms with van der Waals surface area (Å²) in [5, 5.41) is 6.30. The second-order valence-corrected chi connectivity index (χ2v) is 6.74. The molecule has 2 N–H and O–H groups in total. The SMILES string of the molecule is COC(=O)C1=C(CSc2nccn2C)NC(=O)N[C@@H]1c1cccc(OC)c1. The maximum Gasteiger partial charge on any atom is 0.338 e. The summed E-state index contributed by atoms with van der Waals surface area (Å²) in [6.45, 7) is 0. The number of hydrogen-bond acceptors (Lipinski definition) is 6. The van der Waals surface area contributed by atoms with Gasteiger partial charge < -0.3 is 24.7 Å². The summed E-state index contributed by atoms with van der Waals surface area (Å²) in [5.41, 5.74) is 1.57. The molecule has 1 aromatic carbocycles. The van der Waals surface area contributed by atoms with E-state index in [9.17, 15) is 9.59 Å². The number of carbonyl (C=O) groups excluding carboxylic acids is 2. The van der Waals surface area contributed by atoms with E-state index in [0.717, 1.165) is 10.7 Å². The van der Waals surface area contributed by atoms with E-state index in [1.807, 2.05) is 23.9 Å². The van der Waals surface area contributed by atoms with Gasteiger partial charge in [0.25, 0.3) is 0 Å². The van der Waals surface area contributed by atoms with Crippen LogP contribution >= 0.6 is 11.8 Å². The average molecular weight is 388 g/mol. The number of esters is 1. The van der Waals surface area contributed by atoms with Crippen LogP contribution in [0, 0.1) is 0 Å². The van der Waals surface area contributed by atoms with E-state index < -0.39 is 12.0 Å². The number of aromatic nitrogens is 2. The van der Waals surface area contributed by atoms with Crippen molar-refractivity contribution in [3.05, 3.63) is 53.5 Å². The molecule has 0 saturated carbocycles. The molecule has 3 rings (SSSR count). The first kappa shape index (κ1) is 18.8. The van der Waals surface area contributed by atoms with Crippen LogP contribution in [0.2, 0.25) is 0 Å². The molecule has 0 unspecified atom stereocenters. The van der Waals surface area contributed by atoms with E-state index in [0.29, 0.717) is 22.8 Å². The van der Waals surface area contributed by atoms with Crippen LogP contribution in [-0.4, -0.2) is 41.5 Å². The lowest BCUT2D eigenvalue weighted by Crippen LogP contribution is -2.46. The highest BCUT2D eigenvalue weighted by Gasteiger charge is 2.33. The normalized spacial score (nSPS) is 16.6. The third kappa shape index (κ3) is 4.08. The fourth-order valence-corrected chi connectivity index (χ4v) is 3.68. The summed E-state index contributed by atoms with van der Waals surface area (Å²) >= 11 is 1.42. The minimum Gasteiger partial charge on any atom is -0.497 e. The van der Waals surface area contributed by atoms with Crippen molar-refractivity contribution in [1.29, 1.82) is 0 Å². The van der Waals surface area contributed by atoms with Gasteiger partial charge in [-0.05, 0) is 17.7 Å². The third-order valence-electron chi connectivity index (χ3n) is 4.11. The molecule has 2 aromatic rings. The number of hydrogen-bond donors (Lipinski definition) is 2. The van der Waals surface area contributed by atoms with Crippen LogP contribution in [-0.2, 0) is 16.6 Å². The summed E-state index contributed by atoms with van der Waals surface area (Å²) in [7, 11) is 4.76. The highest BCUT2D eigenvalue weighted by Crippen LogP contribution is 2.31. The number of aryl methyl sites for hydroxylation is 1. The van der Waals surface area contributed by atoms with E-state index in [2.05, 4.69) is 15.6 Å². The first-order chi connectivity index (χ1) is 13.0. The van der Waals surface area contributed by atoms with Crippen LogP contribution in [0.15, 0.2) is 53.1 Å². The Labute approximate surface area is 160 Å². The molecule has 1 aliphatic heterocycles. The van der Waals surface area contributed by atoms with Gasteiger partial charge in [-0.15, -0.1) is 0 Å². The molecule has 0 radical (unpaired) electrons. The number of methoxy groups -OCH3 is 2. The molecule has 8 nitrogen and oxygen atoms in total. The van der Waals surface area contributed by atoms with Gasteiger partial charge in [0.1, 0.15) is 5.75 Å². The average Bonchev–Trinajstić information content (AvgIpc) is 3.10. The zero-order valence-electron chi connectivity index (χ0n) is 15.2. The number of imidazole rings is 1. The van der Waals surface area contributed by atoms with Gasteiger partial charge in [0.05, 0.1) is 25.8 Å². The van der Waals surface area contributed by atoms with Crippen LogP contribution in [0.4, 0.5) is 4.79 Å². The van der Waals surface area contributed by atoms with Crippen LogP contribution in [0.25, 0.3) is 0 Å². The van der Waals surface area contributed by atoms with Gasteiger partial charge in [-0.25, -0.2) is 14.6 Å². The molecule has 1 aromatic heterocycles. The van der Waals surface area contributed by atoms with Gasteiger partial charge in [0.2, 0.25) is 0 Å². The number of urea groups is 1. The summed E-state index contributed by atoms with van der Waals surface area (Å²) in [5.74, 6) is 0.489. The standard InChI is InChI=1S/C18H20N4O4S/c1-22-8-7-19-18(22)27-10-13-14(16(23)26-3)15(21-17(24)20-13)11-5-4-6-12(9-11)25-2/h4-9,15H,10H2,1-3H3,(H2,20,21,24)/t15-/m1/s1. The minimum atomic E-state index is -0.640. The molecule has 9 heteroatoms. The summed E-state index contributed by atoms with van der Waals surface area (Å²) in [6, 6.07) is 6.18. The molecule has 142 valence electrons. The molecule has 1 aliphatic rings. The Bertz CT molecular complexity index is 893. The highest BCUT2D eigenvalue weighted by molar-refractivity contribution is 7.99. The highest BCUT2D eigenvalue weighted by atomic mass is 32.2.